The molecule has 3 N–H and O–H groups in total. The summed E-state index contributed by atoms with van der Waals surface area (Å²) in [5.74, 6) is 0.640. The van der Waals surface area contributed by atoms with E-state index in [1.165, 1.54) is 12.8 Å². The predicted molar refractivity (Wildman–Crippen MR) is 63.2 cm³/mol. The Kier molecular flexibility index (Phi) is 6.28. The van der Waals surface area contributed by atoms with Crippen LogP contribution >= 0.6 is 0 Å². The summed E-state index contributed by atoms with van der Waals surface area (Å²) in [7, 11) is 1.67. The monoisotopic (exact) mass is 231 g/mol. The molecule has 1 aliphatic rings. The third-order valence-corrected chi connectivity index (χ3v) is 3.56. The Labute approximate surface area is 98.1 Å². The van der Waals surface area contributed by atoms with Crippen LogP contribution in [0.4, 0.5) is 0 Å². The molecular formula is C12H25NO3. The largest absolute Gasteiger partial charge is 0.396 e. The Balaban J connectivity index is 2.13. The van der Waals surface area contributed by atoms with E-state index < -0.39 is 0 Å². The molecular weight excluding hydrogens is 206 g/mol. The maximum Gasteiger partial charge on any atom is 0.0700 e. The molecule has 1 unspecified atom stereocenters. The first kappa shape index (κ1) is 13.9. The van der Waals surface area contributed by atoms with Crippen molar-refractivity contribution in [2.75, 3.05) is 40.1 Å². The van der Waals surface area contributed by atoms with Crippen LogP contribution in [0.25, 0.3) is 0 Å². The molecule has 1 fully saturated rings. The molecule has 96 valence electrons. The van der Waals surface area contributed by atoms with Gasteiger partial charge in [0, 0.05) is 25.7 Å². The van der Waals surface area contributed by atoms with Crippen LogP contribution < -0.4 is 5.73 Å². The van der Waals surface area contributed by atoms with E-state index in [0.29, 0.717) is 25.7 Å². The van der Waals surface area contributed by atoms with Gasteiger partial charge < -0.3 is 20.3 Å². The molecule has 0 amide bonds. The standard InChI is InChI=1S/C12H25NO3/c1-15-7-8-16-6-2-5-12(9-13,10-14)11-3-4-11/h11,14H,2-10,13H2,1H3. The quantitative estimate of drug-likeness (QED) is 0.545. The fraction of sp³-hybridized carbons (Fsp3) is 1.00. The summed E-state index contributed by atoms with van der Waals surface area (Å²) in [4.78, 5) is 0. The zero-order valence-electron chi connectivity index (χ0n) is 10.3. The van der Waals surface area contributed by atoms with E-state index in [-0.39, 0.29) is 12.0 Å². The number of methoxy groups -OCH3 is 1. The molecule has 0 radical (unpaired) electrons. The second-order valence-electron chi connectivity index (χ2n) is 4.71. The second kappa shape index (κ2) is 7.22. The normalized spacial score (nSPS) is 19.7. The maximum absolute atomic E-state index is 9.49. The lowest BCUT2D eigenvalue weighted by molar-refractivity contribution is 0.0509. The third-order valence-electron chi connectivity index (χ3n) is 3.56. The van der Waals surface area contributed by atoms with Gasteiger partial charge in [-0.2, -0.15) is 0 Å². The summed E-state index contributed by atoms with van der Waals surface area (Å²) in [6.07, 6.45) is 4.39. The summed E-state index contributed by atoms with van der Waals surface area (Å²) in [5.41, 5.74) is 5.76. The van der Waals surface area contributed by atoms with Gasteiger partial charge in [-0.25, -0.2) is 0 Å². The van der Waals surface area contributed by atoms with E-state index in [9.17, 15) is 5.11 Å². The Morgan fingerprint density at radius 1 is 1.31 bits per heavy atom. The molecule has 0 saturated heterocycles. The van der Waals surface area contributed by atoms with Gasteiger partial charge in [-0.1, -0.05) is 0 Å². The van der Waals surface area contributed by atoms with E-state index >= 15 is 0 Å². The van der Waals surface area contributed by atoms with E-state index in [4.69, 9.17) is 15.2 Å². The highest BCUT2D eigenvalue weighted by atomic mass is 16.5. The van der Waals surface area contributed by atoms with Crippen molar-refractivity contribution in [2.45, 2.75) is 25.7 Å². The van der Waals surface area contributed by atoms with Crippen LogP contribution in [0.5, 0.6) is 0 Å². The molecule has 0 bridgehead atoms. The molecule has 16 heavy (non-hydrogen) atoms. The van der Waals surface area contributed by atoms with Gasteiger partial charge in [-0.15, -0.1) is 0 Å². The summed E-state index contributed by atoms with van der Waals surface area (Å²) in [6.45, 7) is 2.83. The van der Waals surface area contributed by atoms with Crippen LogP contribution in [0.1, 0.15) is 25.7 Å². The van der Waals surface area contributed by atoms with Crippen molar-refractivity contribution < 1.29 is 14.6 Å². The first-order valence-electron chi connectivity index (χ1n) is 6.16. The van der Waals surface area contributed by atoms with Crippen LogP contribution in [-0.2, 0) is 9.47 Å². The smallest absolute Gasteiger partial charge is 0.0700 e. The molecule has 4 nitrogen and oxygen atoms in total. The van der Waals surface area contributed by atoms with Gasteiger partial charge in [0.15, 0.2) is 0 Å². The Hall–Kier alpha value is -0.160. The highest BCUT2D eigenvalue weighted by molar-refractivity contribution is 4.94. The van der Waals surface area contributed by atoms with Crippen LogP contribution in [0.3, 0.4) is 0 Å². The van der Waals surface area contributed by atoms with Gasteiger partial charge in [-0.05, 0) is 31.6 Å². The third kappa shape index (κ3) is 4.01. The van der Waals surface area contributed by atoms with Crippen molar-refractivity contribution in [3.63, 3.8) is 0 Å². The summed E-state index contributed by atoms with van der Waals surface area (Å²) in [5, 5.41) is 9.49. The first-order valence-corrected chi connectivity index (χ1v) is 6.16. The fourth-order valence-corrected chi connectivity index (χ4v) is 2.21. The topological polar surface area (TPSA) is 64.7 Å². The molecule has 1 saturated carbocycles. The molecule has 0 aromatic heterocycles. The number of aliphatic hydroxyl groups is 1. The lowest BCUT2D eigenvalue weighted by Crippen LogP contribution is -2.36. The predicted octanol–water partition coefficient (Wildman–Crippen LogP) is 0.777. The summed E-state index contributed by atoms with van der Waals surface area (Å²) in [6, 6.07) is 0. The minimum Gasteiger partial charge on any atom is -0.396 e. The highest BCUT2D eigenvalue weighted by Gasteiger charge is 2.43. The van der Waals surface area contributed by atoms with E-state index in [2.05, 4.69) is 0 Å². The van der Waals surface area contributed by atoms with Gasteiger partial charge in [0.05, 0.1) is 19.8 Å². The van der Waals surface area contributed by atoms with Crippen LogP contribution in [-0.4, -0.2) is 45.2 Å². The Bertz CT molecular complexity index is 179. The zero-order valence-corrected chi connectivity index (χ0v) is 10.3. The van der Waals surface area contributed by atoms with Gasteiger partial charge in [0.25, 0.3) is 0 Å². The molecule has 1 aliphatic carbocycles. The van der Waals surface area contributed by atoms with Gasteiger partial charge in [0.1, 0.15) is 0 Å². The van der Waals surface area contributed by atoms with E-state index in [1.54, 1.807) is 7.11 Å². The van der Waals surface area contributed by atoms with E-state index in [1.807, 2.05) is 0 Å². The number of ether oxygens (including phenoxy) is 2. The van der Waals surface area contributed by atoms with Crippen molar-refractivity contribution >= 4 is 0 Å². The lowest BCUT2D eigenvalue weighted by Gasteiger charge is -2.30. The second-order valence-corrected chi connectivity index (χ2v) is 4.71. The van der Waals surface area contributed by atoms with Crippen molar-refractivity contribution in [1.82, 2.24) is 0 Å². The van der Waals surface area contributed by atoms with E-state index in [0.717, 1.165) is 19.4 Å². The average molecular weight is 231 g/mol. The van der Waals surface area contributed by atoms with Gasteiger partial charge in [0.2, 0.25) is 0 Å². The Morgan fingerprint density at radius 3 is 2.56 bits per heavy atom. The molecule has 0 aromatic rings. The minimum atomic E-state index is -0.0371. The molecule has 0 aromatic carbocycles. The zero-order chi connectivity index (χ0) is 11.9. The SMILES string of the molecule is COCCOCCCC(CN)(CO)C1CC1. The van der Waals surface area contributed by atoms with Crippen molar-refractivity contribution in [1.29, 1.82) is 0 Å². The Morgan fingerprint density at radius 2 is 2.06 bits per heavy atom. The van der Waals surface area contributed by atoms with Gasteiger partial charge >= 0.3 is 0 Å². The van der Waals surface area contributed by atoms with Crippen LogP contribution in [0.15, 0.2) is 0 Å². The molecule has 1 atom stereocenters. The molecule has 0 spiro atoms. The lowest BCUT2D eigenvalue weighted by atomic mass is 9.79. The number of hydrogen-bond donors (Lipinski definition) is 2. The summed E-state index contributed by atoms with van der Waals surface area (Å²) < 4.78 is 10.3. The summed E-state index contributed by atoms with van der Waals surface area (Å²) >= 11 is 0. The van der Waals surface area contributed by atoms with Crippen molar-refractivity contribution in [3.8, 4) is 0 Å². The average Bonchev–Trinajstić information content (AvgIpc) is 3.14. The first-order chi connectivity index (χ1) is 7.79. The highest BCUT2D eigenvalue weighted by Crippen LogP contribution is 2.47. The molecule has 0 aliphatic heterocycles. The fourth-order valence-electron chi connectivity index (χ4n) is 2.21. The number of hydrogen-bond acceptors (Lipinski definition) is 4. The molecule has 1 rings (SSSR count). The molecule has 0 heterocycles. The minimum absolute atomic E-state index is 0.0371. The van der Waals surface area contributed by atoms with Crippen molar-refractivity contribution in [2.24, 2.45) is 17.1 Å². The van der Waals surface area contributed by atoms with Crippen LogP contribution in [0, 0.1) is 11.3 Å². The maximum atomic E-state index is 9.49. The molecule has 4 heteroatoms. The number of rotatable bonds is 10. The van der Waals surface area contributed by atoms with Crippen LogP contribution in [0.2, 0.25) is 0 Å². The van der Waals surface area contributed by atoms with Crippen molar-refractivity contribution in [3.05, 3.63) is 0 Å². The van der Waals surface area contributed by atoms with Gasteiger partial charge in [-0.3, -0.25) is 0 Å². The number of nitrogens with two attached hydrogens (primary N) is 1. The number of aliphatic hydroxyl groups excluding tert-OH is 1.